The number of allylic oxidation sites excluding steroid dienone is 2. The van der Waals surface area contributed by atoms with Crippen LogP contribution in [0.5, 0.6) is 0 Å². The summed E-state index contributed by atoms with van der Waals surface area (Å²) in [6.07, 6.45) is 8.53. The molecule has 1 amide bonds. The number of carbonyl (C=O) groups is 1. The van der Waals surface area contributed by atoms with E-state index in [0.717, 1.165) is 12.8 Å². The van der Waals surface area contributed by atoms with Gasteiger partial charge in [0.1, 0.15) is 6.61 Å². The van der Waals surface area contributed by atoms with Gasteiger partial charge in [-0.05, 0) is 25.3 Å². The normalized spacial score (nSPS) is 17.4. The van der Waals surface area contributed by atoms with Crippen molar-refractivity contribution in [2.75, 3.05) is 13.7 Å². The third-order valence-electron chi connectivity index (χ3n) is 2.18. The highest BCUT2D eigenvalue weighted by Gasteiger charge is 2.10. The van der Waals surface area contributed by atoms with Crippen LogP contribution in [0.3, 0.4) is 0 Å². The molecule has 3 nitrogen and oxygen atoms in total. The molecule has 1 atom stereocenters. The Balaban J connectivity index is 2.41. The maximum atomic E-state index is 11.2. The fourth-order valence-electron chi connectivity index (χ4n) is 1.45. The van der Waals surface area contributed by atoms with Crippen molar-refractivity contribution in [3.05, 3.63) is 23.8 Å². The van der Waals surface area contributed by atoms with Crippen LogP contribution < -0.4 is 5.32 Å². The fourth-order valence-corrected chi connectivity index (χ4v) is 1.45. The number of ether oxygens (including phenoxy) is 1. The molecule has 14 heavy (non-hydrogen) atoms. The molecule has 1 aliphatic carbocycles. The highest BCUT2D eigenvalue weighted by molar-refractivity contribution is 5.77. The molecule has 0 spiro atoms. The lowest BCUT2D eigenvalue weighted by Gasteiger charge is -2.16. The molecule has 0 saturated heterocycles. The van der Waals surface area contributed by atoms with Gasteiger partial charge in [0, 0.05) is 7.11 Å². The van der Waals surface area contributed by atoms with Crippen molar-refractivity contribution >= 4 is 5.91 Å². The third-order valence-corrected chi connectivity index (χ3v) is 2.18. The van der Waals surface area contributed by atoms with Crippen molar-refractivity contribution in [1.82, 2.24) is 5.32 Å². The average Bonchev–Trinajstić information content (AvgIpc) is 2.19. The van der Waals surface area contributed by atoms with Gasteiger partial charge in [-0.2, -0.15) is 0 Å². The predicted octanol–water partition coefficient (Wildman–Crippen LogP) is 1.41. The molecule has 0 aliphatic heterocycles. The predicted molar refractivity (Wildman–Crippen MR) is 55.9 cm³/mol. The molecule has 0 unspecified atom stereocenters. The Morgan fingerprint density at radius 1 is 1.64 bits per heavy atom. The quantitative estimate of drug-likeness (QED) is 0.736. The molecule has 1 N–H and O–H groups in total. The molecule has 0 fully saturated rings. The van der Waals surface area contributed by atoms with Gasteiger partial charge in [-0.25, -0.2) is 0 Å². The van der Waals surface area contributed by atoms with E-state index in [2.05, 4.69) is 23.5 Å². The minimum absolute atomic E-state index is 0.0696. The van der Waals surface area contributed by atoms with Gasteiger partial charge in [0.15, 0.2) is 0 Å². The maximum Gasteiger partial charge on any atom is 0.246 e. The van der Waals surface area contributed by atoms with Crippen LogP contribution >= 0.6 is 0 Å². The van der Waals surface area contributed by atoms with Crippen LogP contribution in [0.15, 0.2) is 23.8 Å². The van der Waals surface area contributed by atoms with Crippen molar-refractivity contribution in [2.45, 2.75) is 25.8 Å². The van der Waals surface area contributed by atoms with E-state index in [4.69, 9.17) is 4.74 Å². The number of nitrogens with one attached hydrogen (secondary N) is 1. The zero-order chi connectivity index (χ0) is 10.4. The first-order valence-electron chi connectivity index (χ1n) is 4.89. The Hall–Kier alpha value is -1.09. The number of amides is 1. The Kier molecular flexibility index (Phi) is 4.40. The fraction of sp³-hybridized carbons (Fsp3) is 0.545. The van der Waals surface area contributed by atoms with Gasteiger partial charge in [0.2, 0.25) is 5.91 Å². The van der Waals surface area contributed by atoms with Crippen LogP contribution in [0.25, 0.3) is 0 Å². The molecule has 78 valence electrons. The second-order valence-corrected chi connectivity index (χ2v) is 3.41. The van der Waals surface area contributed by atoms with Crippen LogP contribution in [-0.2, 0) is 9.53 Å². The van der Waals surface area contributed by atoms with Crippen molar-refractivity contribution in [3.8, 4) is 0 Å². The summed E-state index contributed by atoms with van der Waals surface area (Å²) in [5.74, 6) is -0.0696. The van der Waals surface area contributed by atoms with E-state index >= 15 is 0 Å². The highest BCUT2D eigenvalue weighted by Crippen LogP contribution is 2.12. The molecule has 0 aromatic heterocycles. The van der Waals surface area contributed by atoms with Gasteiger partial charge in [-0.1, -0.05) is 18.2 Å². The Morgan fingerprint density at radius 2 is 2.43 bits per heavy atom. The SMILES string of the molecule is COCC(=O)N[C@H](C)C1=CCCC=C1. The number of methoxy groups -OCH3 is 1. The number of hydrogen-bond donors (Lipinski definition) is 1. The molecule has 0 bridgehead atoms. The smallest absolute Gasteiger partial charge is 0.246 e. The van der Waals surface area contributed by atoms with E-state index in [9.17, 15) is 4.79 Å². The number of rotatable bonds is 4. The monoisotopic (exact) mass is 195 g/mol. The second kappa shape index (κ2) is 5.60. The first-order chi connectivity index (χ1) is 6.74. The molecule has 1 aliphatic rings. The van der Waals surface area contributed by atoms with Crippen molar-refractivity contribution in [3.63, 3.8) is 0 Å². The van der Waals surface area contributed by atoms with Gasteiger partial charge in [-0.3, -0.25) is 4.79 Å². The summed E-state index contributed by atoms with van der Waals surface area (Å²) in [5, 5.41) is 2.87. The summed E-state index contributed by atoms with van der Waals surface area (Å²) in [7, 11) is 1.52. The molecule has 3 heteroatoms. The molecule has 0 aromatic rings. The summed E-state index contributed by atoms with van der Waals surface area (Å²) >= 11 is 0. The van der Waals surface area contributed by atoms with Crippen LogP contribution in [0.1, 0.15) is 19.8 Å². The van der Waals surface area contributed by atoms with Crippen LogP contribution in [0, 0.1) is 0 Å². The number of hydrogen-bond acceptors (Lipinski definition) is 2. The lowest BCUT2D eigenvalue weighted by Crippen LogP contribution is -2.36. The second-order valence-electron chi connectivity index (χ2n) is 3.41. The van der Waals surface area contributed by atoms with Crippen molar-refractivity contribution in [1.29, 1.82) is 0 Å². The van der Waals surface area contributed by atoms with Gasteiger partial charge >= 0.3 is 0 Å². The Labute approximate surface area is 84.8 Å². The molecular formula is C11H17NO2. The lowest BCUT2D eigenvalue weighted by atomic mass is 10.0. The zero-order valence-electron chi connectivity index (χ0n) is 8.75. The zero-order valence-corrected chi connectivity index (χ0v) is 8.75. The van der Waals surface area contributed by atoms with Crippen LogP contribution in [0.2, 0.25) is 0 Å². The summed E-state index contributed by atoms with van der Waals surface area (Å²) in [6, 6.07) is 0.0780. The van der Waals surface area contributed by atoms with Crippen molar-refractivity contribution < 1.29 is 9.53 Å². The van der Waals surface area contributed by atoms with Gasteiger partial charge in [-0.15, -0.1) is 0 Å². The summed E-state index contributed by atoms with van der Waals surface area (Å²) in [5.41, 5.74) is 1.18. The van der Waals surface area contributed by atoms with Gasteiger partial charge in [0.05, 0.1) is 6.04 Å². The summed E-state index contributed by atoms with van der Waals surface area (Å²) in [4.78, 5) is 11.2. The van der Waals surface area contributed by atoms with E-state index in [1.165, 1.54) is 12.7 Å². The summed E-state index contributed by atoms with van der Waals surface area (Å²) < 4.78 is 4.74. The lowest BCUT2D eigenvalue weighted by molar-refractivity contribution is -0.125. The van der Waals surface area contributed by atoms with E-state index in [-0.39, 0.29) is 18.6 Å². The highest BCUT2D eigenvalue weighted by atomic mass is 16.5. The maximum absolute atomic E-state index is 11.2. The van der Waals surface area contributed by atoms with Crippen LogP contribution in [-0.4, -0.2) is 25.7 Å². The largest absolute Gasteiger partial charge is 0.375 e. The van der Waals surface area contributed by atoms with Gasteiger partial charge in [0.25, 0.3) is 0 Å². The minimum Gasteiger partial charge on any atom is -0.375 e. The van der Waals surface area contributed by atoms with E-state index < -0.39 is 0 Å². The first kappa shape index (κ1) is 11.0. The molecule has 0 heterocycles. The first-order valence-corrected chi connectivity index (χ1v) is 4.89. The van der Waals surface area contributed by atoms with Crippen molar-refractivity contribution in [2.24, 2.45) is 0 Å². The minimum atomic E-state index is -0.0696. The van der Waals surface area contributed by atoms with E-state index in [1.54, 1.807) is 0 Å². The number of carbonyl (C=O) groups excluding carboxylic acids is 1. The molecular weight excluding hydrogens is 178 g/mol. The molecule has 0 aromatic carbocycles. The summed E-state index contributed by atoms with van der Waals surface area (Å²) in [6.45, 7) is 2.11. The standard InChI is InChI=1S/C11H17NO2/c1-9(12-11(13)8-14-2)10-6-4-3-5-7-10/h4,6-7,9H,3,5,8H2,1-2H3,(H,12,13)/t9-/m1/s1. The van der Waals surface area contributed by atoms with Crippen LogP contribution in [0.4, 0.5) is 0 Å². The third kappa shape index (κ3) is 3.34. The molecule has 0 saturated carbocycles. The topological polar surface area (TPSA) is 38.3 Å². The van der Waals surface area contributed by atoms with Gasteiger partial charge < -0.3 is 10.1 Å². The Bertz CT molecular complexity index is 256. The van der Waals surface area contributed by atoms with E-state index in [1.807, 2.05) is 6.92 Å². The van der Waals surface area contributed by atoms with E-state index in [0.29, 0.717) is 0 Å². The molecule has 1 rings (SSSR count). The Morgan fingerprint density at radius 3 is 3.00 bits per heavy atom. The average molecular weight is 195 g/mol. The molecule has 0 radical (unpaired) electrons.